The molecule has 54 heavy (non-hydrogen) atoms. The van der Waals surface area contributed by atoms with Crippen LogP contribution < -0.4 is 5.32 Å². The number of hydrogen-bond donors (Lipinski definition) is 3. The van der Waals surface area contributed by atoms with Gasteiger partial charge in [0.15, 0.2) is 0 Å². The molecule has 3 N–H and O–H groups in total. The number of nitrogens with one attached hydrogen (secondary N) is 1. The van der Waals surface area contributed by atoms with Gasteiger partial charge in [-0.3, -0.25) is 9.59 Å². The Hall–Kier alpha value is -2.44. The lowest BCUT2D eigenvalue weighted by atomic mass is 10.0. The van der Waals surface area contributed by atoms with E-state index in [9.17, 15) is 19.8 Å². The van der Waals surface area contributed by atoms with Crippen molar-refractivity contribution >= 4 is 11.9 Å². The Morgan fingerprint density at radius 1 is 0.556 bits per heavy atom. The molecule has 312 valence electrons. The van der Waals surface area contributed by atoms with Crippen LogP contribution >= 0.6 is 0 Å². The molecule has 3 unspecified atom stereocenters. The summed E-state index contributed by atoms with van der Waals surface area (Å²) in [7, 11) is 0. The average molecular weight is 756 g/mol. The number of esters is 1. The maximum absolute atomic E-state index is 13.1. The third-order valence-electron chi connectivity index (χ3n) is 9.86. The lowest BCUT2D eigenvalue weighted by molar-refractivity contribution is -0.151. The van der Waals surface area contributed by atoms with Crippen molar-refractivity contribution in [3.63, 3.8) is 0 Å². The molecule has 6 heteroatoms. The van der Waals surface area contributed by atoms with Gasteiger partial charge in [-0.15, -0.1) is 0 Å². The van der Waals surface area contributed by atoms with Gasteiger partial charge in [0.05, 0.1) is 25.2 Å². The third kappa shape index (κ3) is 36.5. The van der Waals surface area contributed by atoms with Gasteiger partial charge in [-0.25, -0.2) is 0 Å². The summed E-state index contributed by atoms with van der Waals surface area (Å²) in [5, 5.41) is 23.5. The fraction of sp³-hybridized carbons (Fsp3) is 0.750. The molecule has 0 aliphatic heterocycles. The number of aliphatic hydroxyl groups is 2. The van der Waals surface area contributed by atoms with Gasteiger partial charge in [0, 0.05) is 6.42 Å². The van der Waals surface area contributed by atoms with Crippen LogP contribution in [0.5, 0.6) is 0 Å². The highest BCUT2D eigenvalue weighted by atomic mass is 16.5. The molecule has 1 amide bonds. The maximum atomic E-state index is 13.1. The topological polar surface area (TPSA) is 95.9 Å². The third-order valence-corrected chi connectivity index (χ3v) is 9.86. The molecule has 0 saturated carbocycles. The van der Waals surface area contributed by atoms with Crippen molar-refractivity contribution in [2.75, 3.05) is 6.61 Å². The minimum Gasteiger partial charge on any atom is -0.462 e. The predicted octanol–water partition coefficient (Wildman–Crippen LogP) is 12.9. The zero-order valence-electron chi connectivity index (χ0n) is 35.3. The number of hydrogen-bond acceptors (Lipinski definition) is 5. The largest absolute Gasteiger partial charge is 0.462 e. The number of allylic oxidation sites excluding steroid dienone is 10. The summed E-state index contributed by atoms with van der Waals surface area (Å²) in [6, 6.07) is -0.709. The Kier molecular flexibility index (Phi) is 39.8. The SMILES string of the molecule is CC/C=C\C/C=C\C/C=C\C/C=C\C/C=C\CCCC(=O)OC(CCCCCCCCCCC)CC(=O)NC(CO)C(O)CCCCCCCCCCC. The van der Waals surface area contributed by atoms with Crippen molar-refractivity contribution in [2.45, 2.75) is 225 Å². The van der Waals surface area contributed by atoms with Crippen LogP contribution in [0, 0.1) is 0 Å². The zero-order valence-corrected chi connectivity index (χ0v) is 35.3. The number of unbranched alkanes of at least 4 members (excludes halogenated alkanes) is 17. The van der Waals surface area contributed by atoms with Crippen LogP contribution in [0.3, 0.4) is 0 Å². The number of carbonyl (C=O) groups is 2. The summed E-state index contributed by atoms with van der Waals surface area (Å²) in [5.74, 6) is -0.548. The number of carbonyl (C=O) groups excluding carboxylic acids is 2. The molecule has 0 spiro atoms. The van der Waals surface area contributed by atoms with E-state index in [4.69, 9.17) is 4.74 Å². The molecular weight excluding hydrogens is 671 g/mol. The molecule has 0 aliphatic carbocycles. The first-order valence-electron chi connectivity index (χ1n) is 22.5. The van der Waals surface area contributed by atoms with E-state index in [-0.39, 0.29) is 24.9 Å². The Bertz CT molecular complexity index is 984. The van der Waals surface area contributed by atoms with Crippen molar-refractivity contribution < 1.29 is 24.5 Å². The highest BCUT2D eigenvalue weighted by molar-refractivity contribution is 5.77. The summed E-state index contributed by atoms with van der Waals surface area (Å²) in [5.41, 5.74) is 0. The average Bonchev–Trinajstić information content (AvgIpc) is 3.16. The van der Waals surface area contributed by atoms with E-state index in [1.807, 2.05) is 0 Å². The molecule has 0 rings (SSSR count). The standard InChI is InChI=1S/C48H85NO5/c1-4-7-10-13-16-19-20-21-22-23-24-25-26-29-32-35-38-41-48(53)54-44(39-36-33-30-27-17-14-11-8-5-2)42-47(52)49-45(43-50)46(51)40-37-34-31-28-18-15-12-9-6-3/h7,10,16,19,21-22,24-25,29,32,44-46,50-51H,4-6,8-9,11-15,17-18,20,23,26-28,30-31,33-43H2,1-3H3,(H,49,52)/b10-7-,19-16-,22-21-,25-24-,32-29-. The molecule has 0 aromatic carbocycles. The Morgan fingerprint density at radius 3 is 1.44 bits per heavy atom. The van der Waals surface area contributed by atoms with E-state index in [0.29, 0.717) is 25.7 Å². The van der Waals surface area contributed by atoms with E-state index in [1.54, 1.807) is 0 Å². The van der Waals surface area contributed by atoms with Gasteiger partial charge in [0.25, 0.3) is 0 Å². The molecule has 0 saturated heterocycles. The first-order chi connectivity index (χ1) is 26.5. The van der Waals surface area contributed by atoms with Crippen LogP contribution in [-0.4, -0.2) is 46.9 Å². The first-order valence-corrected chi connectivity index (χ1v) is 22.5. The second-order valence-corrected chi connectivity index (χ2v) is 15.1. The highest BCUT2D eigenvalue weighted by Gasteiger charge is 2.24. The minimum absolute atomic E-state index is 0.0543. The van der Waals surface area contributed by atoms with Crippen molar-refractivity contribution in [3.05, 3.63) is 60.8 Å². The Labute approximate surface area is 333 Å². The van der Waals surface area contributed by atoms with E-state index in [2.05, 4.69) is 86.8 Å². The molecule has 3 atom stereocenters. The molecule has 0 aliphatic rings. The summed E-state index contributed by atoms with van der Waals surface area (Å²) < 4.78 is 5.86. The van der Waals surface area contributed by atoms with E-state index in [1.165, 1.54) is 77.0 Å². The Morgan fingerprint density at radius 2 is 0.981 bits per heavy atom. The van der Waals surface area contributed by atoms with E-state index in [0.717, 1.165) is 77.0 Å². The van der Waals surface area contributed by atoms with Gasteiger partial charge in [-0.2, -0.15) is 0 Å². The smallest absolute Gasteiger partial charge is 0.306 e. The molecule has 0 heterocycles. The van der Waals surface area contributed by atoms with Gasteiger partial charge in [0.1, 0.15) is 6.10 Å². The van der Waals surface area contributed by atoms with Crippen LogP contribution in [-0.2, 0) is 14.3 Å². The van der Waals surface area contributed by atoms with Gasteiger partial charge in [-0.05, 0) is 64.2 Å². The lowest BCUT2D eigenvalue weighted by Gasteiger charge is -2.24. The lowest BCUT2D eigenvalue weighted by Crippen LogP contribution is -2.46. The number of amides is 1. The number of ether oxygens (including phenoxy) is 1. The van der Waals surface area contributed by atoms with Crippen LogP contribution in [0.2, 0.25) is 0 Å². The van der Waals surface area contributed by atoms with Crippen molar-refractivity contribution in [1.29, 1.82) is 0 Å². The fourth-order valence-electron chi connectivity index (χ4n) is 6.46. The second kappa shape index (κ2) is 41.7. The summed E-state index contributed by atoms with van der Waals surface area (Å²) in [6.45, 7) is 6.30. The second-order valence-electron chi connectivity index (χ2n) is 15.1. The van der Waals surface area contributed by atoms with Crippen LogP contribution in [0.25, 0.3) is 0 Å². The quantitative estimate of drug-likeness (QED) is 0.0330. The fourth-order valence-corrected chi connectivity index (χ4v) is 6.46. The zero-order chi connectivity index (χ0) is 39.6. The highest BCUT2D eigenvalue weighted by Crippen LogP contribution is 2.17. The molecule has 0 fully saturated rings. The maximum Gasteiger partial charge on any atom is 0.306 e. The number of aliphatic hydroxyl groups excluding tert-OH is 2. The van der Waals surface area contributed by atoms with Crippen LogP contribution in [0.4, 0.5) is 0 Å². The van der Waals surface area contributed by atoms with Crippen molar-refractivity contribution in [2.24, 2.45) is 0 Å². The van der Waals surface area contributed by atoms with Crippen LogP contribution in [0.1, 0.15) is 207 Å². The summed E-state index contributed by atoms with van der Waals surface area (Å²) >= 11 is 0. The minimum atomic E-state index is -0.794. The predicted molar refractivity (Wildman–Crippen MR) is 232 cm³/mol. The van der Waals surface area contributed by atoms with Crippen molar-refractivity contribution in [1.82, 2.24) is 5.32 Å². The normalized spacial score (nSPS) is 13.9. The van der Waals surface area contributed by atoms with E-state index >= 15 is 0 Å². The summed E-state index contributed by atoms with van der Waals surface area (Å²) in [4.78, 5) is 25.9. The number of rotatable bonds is 39. The van der Waals surface area contributed by atoms with Gasteiger partial charge in [-0.1, -0.05) is 191 Å². The molecule has 0 bridgehead atoms. The molecular formula is C48H85NO5. The van der Waals surface area contributed by atoms with Gasteiger partial charge in [0.2, 0.25) is 5.91 Å². The monoisotopic (exact) mass is 756 g/mol. The van der Waals surface area contributed by atoms with Gasteiger partial charge >= 0.3 is 5.97 Å². The first kappa shape index (κ1) is 51.6. The molecule has 0 aromatic rings. The molecule has 0 aromatic heterocycles. The molecule has 6 nitrogen and oxygen atoms in total. The Balaban J connectivity index is 4.62. The van der Waals surface area contributed by atoms with Gasteiger partial charge < -0.3 is 20.3 Å². The van der Waals surface area contributed by atoms with Crippen molar-refractivity contribution in [3.8, 4) is 0 Å². The summed E-state index contributed by atoms with van der Waals surface area (Å²) in [6.07, 6.45) is 50.0. The molecule has 0 radical (unpaired) electrons. The van der Waals surface area contributed by atoms with Crippen LogP contribution in [0.15, 0.2) is 60.8 Å². The van der Waals surface area contributed by atoms with E-state index < -0.39 is 18.2 Å².